The van der Waals surface area contributed by atoms with Crippen LogP contribution in [0.2, 0.25) is 5.02 Å². The molecule has 2 rings (SSSR count). The number of nitrogens with zero attached hydrogens (tertiary/aromatic N) is 1. The maximum absolute atomic E-state index is 13.1. The number of hydrogen-bond donors (Lipinski definition) is 1. The van der Waals surface area contributed by atoms with Crippen LogP contribution in [0.5, 0.6) is 0 Å². The van der Waals surface area contributed by atoms with E-state index in [0.717, 1.165) is 12.1 Å². The normalized spacial score (nSPS) is 10.2. The molecule has 5 nitrogen and oxygen atoms in total. The summed E-state index contributed by atoms with van der Waals surface area (Å²) in [6.07, 6.45) is 0. The Labute approximate surface area is 132 Å². The van der Waals surface area contributed by atoms with Gasteiger partial charge in [0.05, 0.1) is 10.6 Å². The Morgan fingerprint density at radius 3 is 2.62 bits per heavy atom. The van der Waals surface area contributed by atoms with Crippen molar-refractivity contribution in [3.8, 4) is 0 Å². The molecule has 0 saturated carbocycles. The Morgan fingerprint density at radius 1 is 1.29 bits per heavy atom. The van der Waals surface area contributed by atoms with Crippen LogP contribution in [0.4, 0.5) is 15.8 Å². The van der Waals surface area contributed by atoms with Gasteiger partial charge in [-0.2, -0.15) is 0 Å². The van der Waals surface area contributed by atoms with Crippen LogP contribution in [0.3, 0.4) is 0 Å². The molecule has 0 aliphatic heterocycles. The Bertz CT molecular complexity index is 739. The average molecular weight is 374 g/mol. The summed E-state index contributed by atoms with van der Waals surface area (Å²) in [5.41, 5.74) is 0.0800. The number of hydrogen-bond acceptors (Lipinski definition) is 3. The van der Waals surface area contributed by atoms with Crippen molar-refractivity contribution in [3.63, 3.8) is 0 Å². The topological polar surface area (TPSA) is 72.2 Å². The largest absolute Gasteiger partial charge is 0.321 e. The Kier molecular flexibility index (Phi) is 4.54. The molecule has 1 amide bonds. The van der Waals surface area contributed by atoms with Crippen LogP contribution in [0, 0.1) is 15.9 Å². The molecule has 1 N–H and O–H groups in total. The summed E-state index contributed by atoms with van der Waals surface area (Å²) in [6, 6.07) is 7.43. The fourth-order valence-electron chi connectivity index (χ4n) is 1.58. The molecule has 0 aliphatic carbocycles. The summed E-state index contributed by atoms with van der Waals surface area (Å²) in [6.45, 7) is 0. The average Bonchev–Trinajstić information content (AvgIpc) is 2.42. The maximum atomic E-state index is 13.1. The summed E-state index contributed by atoms with van der Waals surface area (Å²) in [7, 11) is 0. The molecule has 2 aromatic rings. The van der Waals surface area contributed by atoms with Crippen molar-refractivity contribution in [2.45, 2.75) is 0 Å². The third kappa shape index (κ3) is 3.56. The zero-order valence-electron chi connectivity index (χ0n) is 10.3. The molecule has 0 saturated heterocycles. The summed E-state index contributed by atoms with van der Waals surface area (Å²) < 4.78 is 13.6. The Morgan fingerprint density at radius 2 is 2.00 bits per heavy atom. The fourth-order valence-corrected chi connectivity index (χ4v) is 2.18. The molecule has 108 valence electrons. The van der Waals surface area contributed by atoms with Gasteiger partial charge in [-0.3, -0.25) is 14.9 Å². The smallest absolute Gasteiger partial charge is 0.287 e. The van der Waals surface area contributed by atoms with Gasteiger partial charge in [0.25, 0.3) is 11.6 Å². The summed E-state index contributed by atoms with van der Waals surface area (Å²) in [5.74, 6) is -1.06. The van der Waals surface area contributed by atoms with E-state index in [-0.39, 0.29) is 22.0 Å². The van der Waals surface area contributed by atoms with Crippen molar-refractivity contribution in [1.82, 2.24) is 0 Å². The number of rotatable bonds is 3. The van der Waals surface area contributed by atoms with Gasteiger partial charge < -0.3 is 5.32 Å². The molecule has 0 bridgehead atoms. The number of carbonyl (C=O) groups excluding carboxylic acids is 1. The number of nitrogens with one attached hydrogen (secondary N) is 1. The van der Waals surface area contributed by atoms with E-state index in [4.69, 9.17) is 11.6 Å². The first-order chi connectivity index (χ1) is 9.88. The zero-order chi connectivity index (χ0) is 15.6. The van der Waals surface area contributed by atoms with Crippen molar-refractivity contribution in [2.24, 2.45) is 0 Å². The molecule has 0 atom stereocenters. The Balaban J connectivity index is 2.26. The van der Waals surface area contributed by atoms with Gasteiger partial charge in [0, 0.05) is 16.1 Å². The minimum atomic E-state index is -0.646. The zero-order valence-corrected chi connectivity index (χ0v) is 12.6. The van der Waals surface area contributed by atoms with E-state index < -0.39 is 16.6 Å². The van der Waals surface area contributed by atoms with E-state index in [1.807, 2.05) is 0 Å². The first-order valence-electron chi connectivity index (χ1n) is 5.59. The second kappa shape index (κ2) is 6.19. The van der Waals surface area contributed by atoms with E-state index in [1.165, 1.54) is 24.3 Å². The minimum absolute atomic E-state index is 0.127. The summed E-state index contributed by atoms with van der Waals surface area (Å²) >= 11 is 8.92. The van der Waals surface area contributed by atoms with Crippen molar-refractivity contribution in [3.05, 3.63) is 67.4 Å². The van der Waals surface area contributed by atoms with E-state index in [2.05, 4.69) is 21.2 Å². The molecule has 0 aliphatic rings. The predicted octanol–water partition coefficient (Wildman–Crippen LogP) is 4.40. The minimum Gasteiger partial charge on any atom is -0.321 e. The molecule has 0 spiro atoms. The van der Waals surface area contributed by atoms with E-state index in [0.29, 0.717) is 4.47 Å². The quantitative estimate of drug-likeness (QED) is 0.640. The van der Waals surface area contributed by atoms with Crippen LogP contribution in [-0.2, 0) is 0 Å². The second-order valence-electron chi connectivity index (χ2n) is 4.00. The van der Waals surface area contributed by atoms with Gasteiger partial charge in [0.2, 0.25) is 0 Å². The number of halogens is 3. The highest BCUT2D eigenvalue weighted by Gasteiger charge is 2.16. The van der Waals surface area contributed by atoms with Gasteiger partial charge in [-0.05, 0) is 46.3 Å². The van der Waals surface area contributed by atoms with Gasteiger partial charge in [-0.1, -0.05) is 11.6 Å². The number of anilines is 1. The van der Waals surface area contributed by atoms with Crippen LogP contribution in [0.15, 0.2) is 40.9 Å². The highest BCUT2D eigenvalue weighted by Crippen LogP contribution is 2.27. The SMILES string of the molecule is O=C(Nc1cc(F)ccc1Br)c1ccc([N+](=O)[O-])c(Cl)c1. The molecule has 2 aromatic carbocycles. The highest BCUT2D eigenvalue weighted by atomic mass is 79.9. The third-order valence-corrected chi connectivity index (χ3v) is 3.58. The molecule has 21 heavy (non-hydrogen) atoms. The maximum Gasteiger partial charge on any atom is 0.287 e. The first kappa shape index (κ1) is 15.4. The van der Waals surface area contributed by atoms with E-state index in [1.54, 1.807) is 0 Å². The van der Waals surface area contributed by atoms with Crippen molar-refractivity contribution >= 4 is 44.8 Å². The van der Waals surface area contributed by atoms with Crippen molar-refractivity contribution in [2.75, 3.05) is 5.32 Å². The number of carbonyl (C=O) groups is 1. The third-order valence-electron chi connectivity index (χ3n) is 2.58. The number of nitro benzene ring substituents is 1. The molecular formula is C13H7BrClFN2O3. The summed E-state index contributed by atoms with van der Waals surface area (Å²) in [5, 5.41) is 13.0. The molecule has 0 radical (unpaired) electrons. The van der Waals surface area contributed by atoms with Gasteiger partial charge in [0.1, 0.15) is 10.8 Å². The fraction of sp³-hybridized carbons (Fsp3) is 0. The van der Waals surface area contributed by atoms with E-state index in [9.17, 15) is 19.3 Å². The van der Waals surface area contributed by atoms with Gasteiger partial charge in [-0.15, -0.1) is 0 Å². The standard InChI is InChI=1S/C13H7BrClFN2O3/c14-9-3-2-8(16)6-11(9)17-13(19)7-1-4-12(18(20)21)10(15)5-7/h1-6H,(H,17,19). The molecule has 0 aromatic heterocycles. The monoisotopic (exact) mass is 372 g/mol. The van der Waals surface area contributed by atoms with Crippen LogP contribution in [0.25, 0.3) is 0 Å². The molecular weight excluding hydrogens is 367 g/mol. The molecule has 0 unspecified atom stereocenters. The number of amides is 1. The second-order valence-corrected chi connectivity index (χ2v) is 5.26. The lowest BCUT2D eigenvalue weighted by Gasteiger charge is -2.08. The van der Waals surface area contributed by atoms with Crippen LogP contribution >= 0.6 is 27.5 Å². The van der Waals surface area contributed by atoms with E-state index >= 15 is 0 Å². The van der Waals surface area contributed by atoms with Gasteiger partial charge >= 0.3 is 0 Å². The lowest BCUT2D eigenvalue weighted by atomic mass is 10.2. The molecule has 0 fully saturated rings. The summed E-state index contributed by atoms with van der Waals surface area (Å²) in [4.78, 5) is 22.0. The molecule has 8 heteroatoms. The van der Waals surface area contributed by atoms with Crippen LogP contribution in [-0.4, -0.2) is 10.8 Å². The van der Waals surface area contributed by atoms with Crippen molar-refractivity contribution in [1.29, 1.82) is 0 Å². The predicted molar refractivity (Wildman–Crippen MR) is 80.2 cm³/mol. The lowest BCUT2D eigenvalue weighted by Crippen LogP contribution is -2.12. The first-order valence-corrected chi connectivity index (χ1v) is 6.76. The van der Waals surface area contributed by atoms with Crippen LogP contribution in [0.1, 0.15) is 10.4 Å². The van der Waals surface area contributed by atoms with Gasteiger partial charge in [0.15, 0.2) is 0 Å². The van der Waals surface area contributed by atoms with Crippen LogP contribution < -0.4 is 5.32 Å². The number of benzene rings is 2. The Hall–Kier alpha value is -1.99. The van der Waals surface area contributed by atoms with Gasteiger partial charge in [-0.25, -0.2) is 4.39 Å². The van der Waals surface area contributed by atoms with Crippen molar-refractivity contribution < 1.29 is 14.1 Å². The highest BCUT2D eigenvalue weighted by molar-refractivity contribution is 9.10. The lowest BCUT2D eigenvalue weighted by molar-refractivity contribution is -0.384. The molecule has 0 heterocycles. The number of nitro groups is 1.